The van der Waals surface area contributed by atoms with Crippen molar-refractivity contribution in [2.75, 3.05) is 18.1 Å². The van der Waals surface area contributed by atoms with Crippen LogP contribution in [0.5, 0.6) is 0 Å². The predicted octanol–water partition coefficient (Wildman–Crippen LogP) is 1.71. The SMILES string of the molecule is CS(=O)(=O)N1CCCC1c1nccnc1Nc1ccccn1. The van der Waals surface area contributed by atoms with E-state index in [-0.39, 0.29) is 6.04 Å². The van der Waals surface area contributed by atoms with Gasteiger partial charge >= 0.3 is 0 Å². The molecular weight excluding hydrogens is 302 g/mol. The number of nitrogens with zero attached hydrogens (tertiary/aromatic N) is 4. The molecule has 0 aromatic carbocycles. The van der Waals surface area contributed by atoms with E-state index >= 15 is 0 Å². The maximum atomic E-state index is 11.9. The van der Waals surface area contributed by atoms with E-state index in [1.165, 1.54) is 10.6 Å². The molecule has 0 spiro atoms. The Labute approximate surface area is 129 Å². The van der Waals surface area contributed by atoms with E-state index in [0.29, 0.717) is 23.9 Å². The number of rotatable bonds is 4. The van der Waals surface area contributed by atoms with Gasteiger partial charge in [0.1, 0.15) is 11.5 Å². The average Bonchev–Trinajstić information content (AvgIpc) is 2.98. The Morgan fingerprint density at radius 2 is 2.00 bits per heavy atom. The van der Waals surface area contributed by atoms with Gasteiger partial charge in [0.15, 0.2) is 5.82 Å². The van der Waals surface area contributed by atoms with Crippen molar-refractivity contribution < 1.29 is 8.42 Å². The molecule has 2 aromatic rings. The molecule has 3 rings (SSSR count). The number of aromatic nitrogens is 3. The summed E-state index contributed by atoms with van der Waals surface area (Å²) in [5.41, 5.74) is 0.635. The fourth-order valence-electron chi connectivity index (χ4n) is 2.66. The normalized spacial score (nSPS) is 19.2. The van der Waals surface area contributed by atoms with Crippen molar-refractivity contribution >= 4 is 21.7 Å². The fourth-order valence-corrected chi connectivity index (χ4v) is 3.79. The molecule has 1 N–H and O–H groups in total. The molecule has 1 fully saturated rings. The molecule has 1 unspecified atom stereocenters. The fraction of sp³-hybridized carbons (Fsp3) is 0.357. The summed E-state index contributed by atoms with van der Waals surface area (Å²) in [4.78, 5) is 12.9. The van der Waals surface area contributed by atoms with Gasteiger partial charge < -0.3 is 5.32 Å². The minimum atomic E-state index is -3.27. The molecule has 1 atom stereocenters. The summed E-state index contributed by atoms with van der Waals surface area (Å²) < 4.78 is 25.4. The summed E-state index contributed by atoms with van der Waals surface area (Å²) in [6.45, 7) is 0.517. The van der Waals surface area contributed by atoms with Crippen molar-refractivity contribution in [1.82, 2.24) is 19.3 Å². The summed E-state index contributed by atoms with van der Waals surface area (Å²) in [6, 6.07) is 5.23. The molecule has 7 nitrogen and oxygen atoms in total. The van der Waals surface area contributed by atoms with Crippen LogP contribution in [0.4, 0.5) is 11.6 Å². The second-order valence-electron chi connectivity index (χ2n) is 5.16. The zero-order valence-electron chi connectivity index (χ0n) is 12.2. The molecule has 22 heavy (non-hydrogen) atoms. The van der Waals surface area contributed by atoms with Crippen LogP contribution in [0.1, 0.15) is 24.6 Å². The Balaban J connectivity index is 1.94. The van der Waals surface area contributed by atoms with Crippen molar-refractivity contribution in [2.24, 2.45) is 0 Å². The highest BCUT2D eigenvalue weighted by molar-refractivity contribution is 7.88. The van der Waals surface area contributed by atoms with E-state index in [2.05, 4.69) is 20.3 Å². The topological polar surface area (TPSA) is 88.1 Å². The molecule has 0 radical (unpaired) electrons. The minimum Gasteiger partial charge on any atom is -0.323 e. The van der Waals surface area contributed by atoms with Crippen molar-refractivity contribution in [1.29, 1.82) is 0 Å². The molecule has 116 valence electrons. The largest absolute Gasteiger partial charge is 0.323 e. The van der Waals surface area contributed by atoms with Gasteiger partial charge in [0.25, 0.3) is 0 Å². The minimum absolute atomic E-state index is 0.282. The zero-order valence-corrected chi connectivity index (χ0v) is 13.0. The van der Waals surface area contributed by atoms with Gasteiger partial charge in [-0.1, -0.05) is 6.07 Å². The Hall–Kier alpha value is -2.06. The lowest BCUT2D eigenvalue weighted by Crippen LogP contribution is -2.30. The maximum absolute atomic E-state index is 11.9. The summed E-state index contributed by atoms with van der Waals surface area (Å²) in [5, 5.41) is 3.12. The van der Waals surface area contributed by atoms with Crippen LogP contribution in [-0.2, 0) is 10.0 Å². The maximum Gasteiger partial charge on any atom is 0.211 e. The molecule has 0 saturated carbocycles. The van der Waals surface area contributed by atoms with Gasteiger partial charge in [-0.05, 0) is 25.0 Å². The average molecular weight is 319 g/mol. The summed E-state index contributed by atoms with van der Waals surface area (Å²) >= 11 is 0. The first-order valence-electron chi connectivity index (χ1n) is 7.01. The standard InChI is InChI=1S/C14H17N5O2S/c1-22(20,21)19-10-4-5-11(19)13-14(17-9-8-16-13)18-12-6-2-3-7-15-12/h2-3,6-9,11H,4-5,10H2,1H3,(H,15,17,18). The lowest BCUT2D eigenvalue weighted by molar-refractivity contribution is 0.394. The number of anilines is 2. The number of hydrogen-bond donors (Lipinski definition) is 1. The third-order valence-electron chi connectivity index (χ3n) is 3.58. The van der Waals surface area contributed by atoms with Crippen LogP contribution in [0.25, 0.3) is 0 Å². The Bertz CT molecular complexity index is 751. The van der Waals surface area contributed by atoms with Gasteiger partial charge in [-0.3, -0.25) is 4.98 Å². The molecule has 0 amide bonds. The van der Waals surface area contributed by atoms with Crippen LogP contribution < -0.4 is 5.32 Å². The van der Waals surface area contributed by atoms with Crippen LogP contribution in [0.15, 0.2) is 36.8 Å². The van der Waals surface area contributed by atoms with E-state index in [1.54, 1.807) is 18.6 Å². The van der Waals surface area contributed by atoms with Crippen LogP contribution >= 0.6 is 0 Å². The van der Waals surface area contributed by atoms with Crippen molar-refractivity contribution in [3.8, 4) is 0 Å². The van der Waals surface area contributed by atoms with Gasteiger partial charge in [0.2, 0.25) is 10.0 Å². The number of hydrogen-bond acceptors (Lipinski definition) is 6. The Kier molecular flexibility index (Phi) is 4.04. The highest BCUT2D eigenvalue weighted by Crippen LogP contribution is 2.35. The van der Waals surface area contributed by atoms with Gasteiger partial charge in [-0.15, -0.1) is 0 Å². The van der Waals surface area contributed by atoms with Crippen molar-refractivity contribution in [3.63, 3.8) is 0 Å². The molecule has 3 heterocycles. The Morgan fingerprint density at radius 3 is 2.73 bits per heavy atom. The summed E-state index contributed by atoms with van der Waals surface area (Å²) in [5.74, 6) is 1.19. The molecule has 1 aliphatic rings. The van der Waals surface area contributed by atoms with Crippen molar-refractivity contribution in [3.05, 3.63) is 42.5 Å². The second-order valence-corrected chi connectivity index (χ2v) is 7.10. The van der Waals surface area contributed by atoms with Crippen LogP contribution in [-0.4, -0.2) is 40.5 Å². The number of sulfonamides is 1. The number of pyridine rings is 1. The zero-order chi connectivity index (χ0) is 15.6. The summed E-state index contributed by atoms with van der Waals surface area (Å²) in [7, 11) is -3.27. The van der Waals surface area contributed by atoms with E-state index in [1.807, 2.05) is 18.2 Å². The predicted molar refractivity (Wildman–Crippen MR) is 83.1 cm³/mol. The first-order chi connectivity index (χ1) is 10.6. The van der Waals surface area contributed by atoms with Crippen LogP contribution in [0.2, 0.25) is 0 Å². The highest BCUT2D eigenvalue weighted by atomic mass is 32.2. The van der Waals surface area contributed by atoms with Gasteiger partial charge in [0.05, 0.1) is 12.3 Å². The first kappa shape index (κ1) is 14.9. The second kappa shape index (κ2) is 5.98. The third-order valence-corrected chi connectivity index (χ3v) is 4.87. The van der Waals surface area contributed by atoms with E-state index in [4.69, 9.17) is 0 Å². The molecule has 1 saturated heterocycles. The number of nitrogens with one attached hydrogen (secondary N) is 1. The van der Waals surface area contributed by atoms with Crippen LogP contribution in [0, 0.1) is 0 Å². The van der Waals surface area contributed by atoms with E-state index < -0.39 is 10.0 Å². The van der Waals surface area contributed by atoms with Crippen LogP contribution in [0.3, 0.4) is 0 Å². The van der Waals surface area contributed by atoms with E-state index in [9.17, 15) is 8.42 Å². The summed E-state index contributed by atoms with van der Waals surface area (Å²) in [6.07, 6.45) is 7.62. The molecule has 8 heteroatoms. The molecular formula is C14H17N5O2S. The van der Waals surface area contributed by atoms with Gasteiger partial charge in [-0.25, -0.2) is 18.4 Å². The molecule has 1 aliphatic heterocycles. The third kappa shape index (κ3) is 3.07. The smallest absolute Gasteiger partial charge is 0.211 e. The molecule has 0 aliphatic carbocycles. The Morgan fingerprint density at radius 1 is 1.18 bits per heavy atom. The van der Waals surface area contributed by atoms with Gasteiger partial charge in [-0.2, -0.15) is 4.31 Å². The molecule has 0 bridgehead atoms. The first-order valence-corrected chi connectivity index (χ1v) is 8.86. The lowest BCUT2D eigenvalue weighted by Gasteiger charge is -2.23. The monoisotopic (exact) mass is 319 g/mol. The highest BCUT2D eigenvalue weighted by Gasteiger charge is 2.35. The lowest BCUT2D eigenvalue weighted by atomic mass is 10.1. The molecule has 2 aromatic heterocycles. The van der Waals surface area contributed by atoms with Crippen molar-refractivity contribution in [2.45, 2.75) is 18.9 Å². The van der Waals surface area contributed by atoms with E-state index in [0.717, 1.165) is 12.8 Å². The van der Waals surface area contributed by atoms with Gasteiger partial charge in [0, 0.05) is 25.1 Å². The quantitative estimate of drug-likeness (QED) is 0.923.